The molecule has 1 saturated carbocycles. The van der Waals surface area contributed by atoms with Gasteiger partial charge in [0.25, 0.3) is 5.91 Å². The molecular weight excluding hydrogens is 405 g/mol. The molecule has 1 atom stereocenters. The molecule has 5 nitrogen and oxygen atoms in total. The fourth-order valence-electron chi connectivity index (χ4n) is 5.16. The largest absolute Gasteiger partial charge is 0.351 e. The van der Waals surface area contributed by atoms with Crippen LogP contribution in [0.25, 0.3) is 10.9 Å². The predicted octanol–water partition coefficient (Wildman–Crippen LogP) is 4.64. The van der Waals surface area contributed by atoms with Gasteiger partial charge >= 0.3 is 0 Å². The van der Waals surface area contributed by atoms with Gasteiger partial charge in [0.15, 0.2) is 0 Å². The highest BCUT2D eigenvalue weighted by Gasteiger charge is 2.48. The summed E-state index contributed by atoms with van der Waals surface area (Å²) in [7, 11) is 0. The van der Waals surface area contributed by atoms with E-state index in [2.05, 4.69) is 5.32 Å². The van der Waals surface area contributed by atoms with E-state index in [1.54, 1.807) is 17.0 Å². The van der Waals surface area contributed by atoms with Crippen molar-refractivity contribution in [1.82, 2.24) is 14.8 Å². The minimum atomic E-state index is -1.09. The van der Waals surface area contributed by atoms with Gasteiger partial charge in [-0.15, -0.1) is 0 Å². The Balaban J connectivity index is 1.55. The van der Waals surface area contributed by atoms with Crippen LogP contribution in [0.2, 0.25) is 0 Å². The number of aromatic nitrogens is 1. The molecule has 3 aromatic rings. The van der Waals surface area contributed by atoms with Gasteiger partial charge in [-0.1, -0.05) is 49.6 Å². The monoisotopic (exact) mass is 433 g/mol. The molecule has 1 fully saturated rings. The van der Waals surface area contributed by atoms with Crippen molar-refractivity contribution < 1.29 is 14.0 Å². The Bertz CT molecular complexity index is 1180. The van der Waals surface area contributed by atoms with Crippen LogP contribution in [0.3, 0.4) is 0 Å². The molecule has 1 N–H and O–H groups in total. The highest BCUT2D eigenvalue weighted by molar-refractivity contribution is 6.03. The van der Waals surface area contributed by atoms with Gasteiger partial charge < -0.3 is 14.8 Å². The van der Waals surface area contributed by atoms with E-state index in [4.69, 9.17) is 0 Å². The Kier molecular flexibility index (Phi) is 5.24. The van der Waals surface area contributed by atoms with E-state index in [1.807, 2.05) is 41.8 Å². The molecular formula is C26H28FN3O2. The van der Waals surface area contributed by atoms with Crippen LogP contribution < -0.4 is 5.32 Å². The quantitative estimate of drug-likeness (QED) is 0.652. The van der Waals surface area contributed by atoms with Crippen molar-refractivity contribution in [1.29, 1.82) is 0 Å². The lowest BCUT2D eigenvalue weighted by molar-refractivity contribution is -0.134. The van der Waals surface area contributed by atoms with E-state index in [0.29, 0.717) is 17.8 Å². The third-order valence-electron chi connectivity index (χ3n) is 7.00. The van der Waals surface area contributed by atoms with Crippen LogP contribution in [-0.4, -0.2) is 32.9 Å². The number of hydrogen-bond acceptors (Lipinski definition) is 2. The maximum Gasteiger partial charge on any atom is 0.271 e. The molecule has 5 rings (SSSR count). The first-order valence-electron chi connectivity index (χ1n) is 11.4. The molecule has 166 valence electrons. The van der Waals surface area contributed by atoms with Crippen LogP contribution in [-0.2, 0) is 17.9 Å². The van der Waals surface area contributed by atoms with Gasteiger partial charge in [0.1, 0.15) is 17.1 Å². The molecule has 1 aliphatic heterocycles. The molecule has 0 bridgehead atoms. The molecule has 1 unspecified atom stereocenters. The number of carbonyl (C=O) groups excluding carboxylic acids is 2. The van der Waals surface area contributed by atoms with Crippen molar-refractivity contribution in [2.24, 2.45) is 0 Å². The Morgan fingerprint density at radius 2 is 1.88 bits per heavy atom. The summed E-state index contributed by atoms with van der Waals surface area (Å²) in [5.74, 6) is -0.704. The van der Waals surface area contributed by atoms with Gasteiger partial charge in [-0.25, -0.2) is 4.39 Å². The highest BCUT2D eigenvalue weighted by atomic mass is 19.1. The Morgan fingerprint density at radius 3 is 2.66 bits per heavy atom. The Morgan fingerprint density at radius 1 is 1.09 bits per heavy atom. The van der Waals surface area contributed by atoms with Crippen molar-refractivity contribution in [2.45, 2.75) is 63.7 Å². The van der Waals surface area contributed by atoms with E-state index in [0.717, 1.165) is 36.6 Å². The number of rotatable bonds is 4. The van der Waals surface area contributed by atoms with E-state index in [1.165, 1.54) is 18.6 Å². The van der Waals surface area contributed by atoms with Gasteiger partial charge in [-0.2, -0.15) is 0 Å². The van der Waals surface area contributed by atoms with E-state index >= 15 is 0 Å². The first-order valence-corrected chi connectivity index (χ1v) is 11.4. The van der Waals surface area contributed by atoms with Gasteiger partial charge in [-0.3, -0.25) is 9.59 Å². The number of para-hydroxylation sites is 1. The molecule has 0 saturated heterocycles. The number of nitrogens with one attached hydrogen (secondary N) is 1. The van der Waals surface area contributed by atoms with Crippen LogP contribution in [0.1, 0.15) is 55.1 Å². The number of benzene rings is 2. The third-order valence-corrected chi connectivity index (χ3v) is 7.00. The first kappa shape index (κ1) is 20.7. The summed E-state index contributed by atoms with van der Waals surface area (Å²) >= 11 is 0. The van der Waals surface area contributed by atoms with Gasteiger partial charge in [-0.05, 0) is 49.6 Å². The average molecular weight is 434 g/mol. The third kappa shape index (κ3) is 3.57. The van der Waals surface area contributed by atoms with Crippen LogP contribution in [0.15, 0.2) is 54.6 Å². The maximum absolute atomic E-state index is 13.9. The standard InChI is InChI=1S/C26H28FN3O2/c1-26(25(32)28-21-11-3-2-4-12-21)17-29-22-13-6-5-9-19(22)15-23(29)24(31)30(26)16-18-8-7-10-20(27)14-18/h5-10,13-15,21H,2-4,11-12,16-17H2,1H3,(H,28,32). The Hall–Kier alpha value is -3.15. The molecule has 0 spiro atoms. The van der Waals surface area contributed by atoms with Crippen molar-refractivity contribution >= 4 is 22.7 Å². The SMILES string of the molecule is CC1(C(=O)NC2CCCCC2)Cn2c(cc3ccccc32)C(=O)N1Cc1cccc(F)c1. The lowest BCUT2D eigenvalue weighted by Gasteiger charge is -2.45. The number of hydrogen-bond donors (Lipinski definition) is 1. The first-order chi connectivity index (χ1) is 15.5. The van der Waals surface area contributed by atoms with E-state index in [9.17, 15) is 14.0 Å². The number of carbonyl (C=O) groups is 2. The van der Waals surface area contributed by atoms with E-state index in [-0.39, 0.29) is 30.2 Å². The zero-order chi connectivity index (χ0) is 22.3. The lowest BCUT2D eigenvalue weighted by Crippen LogP contribution is -2.64. The number of fused-ring (bicyclic) bond motifs is 3. The molecule has 6 heteroatoms. The fourth-order valence-corrected chi connectivity index (χ4v) is 5.16. The molecule has 1 aromatic heterocycles. The minimum absolute atomic E-state index is 0.141. The summed E-state index contributed by atoms with van der Waals surface area (Å²) < 4.78 is 15.8. The van der Waals surface area contributed by atoms with Crippen molar-refractivity contribution in [2.75, 3.05) is 0 Å². The Labute approximate surface area is 187 Å². The van der Waals surface area contributed by atoms with E-state index < -0.39 is 5.54 Å². The van der Waals surface area contributed by atoms with Crippen molar-refractivity contribution in [3.05, 3.63) is 71.7 Å². The van der Waals surface area contributed by atoms with Crippen LogP contribution in [0, 0.1) is 5.82 Å². The maximum atomic E-state index is 13.9. The van der Waals surface area contributed by atoms with Crippen molar-refractivity contribution in [3.63, 3.8) is 0 Å². The average Bonchev–Trinajstić information content (AvgIpc) is 3.16. The van der Waals surface area contributed by atoms with Crippen LogP contribution >= 0.6 is 0 Å². The minimum Gasteiger partial charge on any atom is -0.351 e. The number of halogens is 1. The summed E-state index contributed by atoms with van der Waals surface area (Å²) in [5.41, 5.74) is 1.08. The summed E-state index contributed by atoms with van der Waals surface area (Å²) in [5, 5.41) is 4.20. The normalized spacial score (nSPS) is 21.6. The highest BCUT2D eigenvalue weighted by Crippen LogP contribution is 2.34. The molecule has 2 amide bonds. The van der Waals surface area contributed by atoms with Gasteiger partial charge in [0.05, 0.1) is 6.54 Å². The van der Waals surface area contributed by atoms with Crippen molar-refractivity contribution in [3.8, 4) is 0 Å². The summed E-state index contributed by atoms with van der Waals surface area (Å²) in [6.07, 6.45) is 5.36. The van der Waals surface area contributed by atoms with Gasteiger partial charge in [0, 0.05) is 23.5 Å². The summed E-state index contributed by atoms with van der Waals surface area (Å²) in [4.78, 5) is 29.0. The smallest absolute Gasteiger partial charge is 0.271 e. The second-order valence-corrected chi connectivity index (χ2v) is 9.28. The zero-order valence-corrected chi connectivity index (χ0v) is 18.3. The number of nitrogens with zero attached hydrogens (tertiary/aromatic N) is 2. The second-order valence-electron chi connectivity index (χ2n) is 9.28. The molecule has 2 aromatic carbocycles. The topological polar surface area (TPSA) is 54.3 Å². The predicted molar refractivity (Wildman–Crippen MR) is 122 cm³/mol. The second kappa shape index (κ2) is 8.08. The molecule has 0 radical (unpaired) electrons. The summed E-state index contributed by atoms with van der Waals surface area (Å²) in [6, 6.07) is 16.1. The molecule has 2 heterocycles. The molecule has 2 aliphatic rings. The zero-order valence-electron chi connectivity index (χ0n) is 18.3. The fraction of sp³-hybridized carbons (Fsp3) is 0.385. The molecule has 32 heavy (non-hydrogen) atoms. The van der Waals surface area contributed by atoms with Gasteiger partial charge in [0.2, 0.25) is 5.91 Å². The molecule has 1 aliphatic carbocycles. The van der Waals surface area contributed by atoms with Crippen LogP contribution in [0.5, 0.6) is 0 Å². The number of amides is 2. The summed E-state index contributed by atoms with van der Waals surface area (Å²) in [6.45, 7) is 2.36. The van der Waals surface area contributed by atoms with Crippen LogP contribution in [0.4, 0.5) is 4.39 Å². The lowest BCUT2D eigenvalue weighted by atomic mass is 9.91.